The Hall–Kier alpha value is -1.45. The van der Waals surface area contributed by atoms with Gasteiger partial charge in [0.2, 0.25) is 5.67 Å². The maximum atomic E-state index is 13.4. The Kier molecular flexibility index (Phi) is 2.32. The van der Waals surface area contributed by atoms with Gasteiger partial charge in [-0.15, -0.1) is 0 Å². The summed E-state index contributed by atoms with van der Waals surface area (Å²) in [6, 6.07) is 4.50. The molecule has 0 heterocycles. The zero-order chi connectivity index (χ0) is 10.1. The van der Waals surface area contributed by atoms with E-state index < -0.39 is 17.5 Å². The molecule has 0 aliphatic heterocycles. The first-order chi connectivity index (χ1) is 5.94. The zero-order valence-electron chi connectivity index (χ0n) is 6.92. The molecule has 0 aromatic heterocycles. The summed E-state index contributed by atoms with van der Waals surface area (Å²) in [6.07, 6.45) is 0. The van der Waals surface area contributed by atoms with E-state index in [0.29, 0.717) is 0 Å². The fraction of sp³-hybridized carbons (Fsp3) is 0.222. The molecule has 70 valence electrons. The van der Waals surface area contributed by atoms with Crippen LogP contribution >= 0.6 is 0 Å². The highest BCUT2D eigenvalue weighted by molar-refractivity contribution is 5.78. The highest BCUT2D eigenvalue weighted by atomic mass is 19.1. The molecule has 0 aliphatic rings. The first-order valence-corrected chi connectivity index (χ1v) is 3.63. The summed E-state index contributed by atoms with van der Waals surface area (Å²) >= 11 is 0. The minimum Gasteiger partial charge on any atom is -0.479 e. The van der Waals surface area contributed by atoms with Gasteiger partial charge in [0.25, 0.3) is 0 Å². The van der Waals surface area contributed by atoms with Gasteiger partial charge < -0.3 is 5.11 Å². The standard InChI is InChI=1S/C9H8F2O2/c1-9(11,8(12)13)6-3-2-4-7(10)5-6/h2-5H,1H3,(H,12,13). The number of benzene rings is 1. The summed E-state index contributed by atoms with van der Waals surface area (Å²) in [7, 11) is 0. The molecule has 13 heavy (non-hydrogen) atoms. The minimum atomic E-state index is -2.54. The number of hydrogen-bond acceptors (Lipinski definition) is 1. The monoisotopic (exact) mass is 186 g/mol. The van der Waals surface area contributed by atoms with Crippen LogP contribution in [0.5, 0.6) is 0 Å². The van der Waals surface area contributed by atoms with Gasteiger partial charge in [-0.3, -0.25) is 0 Å². The minimum absolute atomic E-state index is 0.194. The summed E-state index contributed by atoms with van der Waals surface area (Å²) in [5.41, 5.74) is -2.73. The molecule has 1 rings (SSSR count). The molecule has 1 unspecified atom stereocenters. The lowest BCUT2D eigenvalue weighted by atomic mass is 9.98. The maximum Gasteiger partial charge on any atom is 0.345 e. The summed E-state index contributed by atoms with van der Waals surface area (Å²) < 4.78 is 26.0. The third-order valence-corrected chi connectivity index (χ3v) is 1.77. The number of halogens is 2. The van der Waals surface area contributed by atoms with Gasteiger partial charge in [-0.05, 0) is 19.1 Å². The third-order valence-electron chi connectivity index (χ3n) is 1.77. The van der Waals surface area contributed by atoms with Gasteiger partial charge in [-0.1, -0.05) is 12.1 Å². The third kappa shape index (κ3) is 1.83. The fourth-order valence-electron chi connectivity index (χ4n) is 0.904. The van der Waals surface area contributed by atoms with Crippen LogP contribution in [-0.4, -0.2) is 11.1 Å². The smallest absolute Gasteiger partial charge is 0.345 e. The Morgan fingerprint density at radius 2 is 2.15 bits per heavy atom. The van der Waals surface area contributed by atoms with Crippen molar-refractivity contribution < 1.29 is 18.7 Å². The van der Waals surface area contributed by atoms with E-state index >= 15 is 0 Å². The summed E-state index contributed by atoms with van der Waals surface area (Å²) in [5, 5.41) is 8.49. The van der Waals surface area contributed by atoms with Crippen molar-refractivity contribution in [2.45, 2.75) is 12.6 Å². The predicted molar refractivity (Wildman–Crippen MR) is 42.5 cm³/mol. The van der Waals surface area contributed by atoms with Gasteiger partial charge in [0.15, 0.2) is 0 Å². The number of carbonyl (C=O) groups is 1. The van der Waals surface area contributed by atoms with Crippen molar-refractivity contribution in [2.75, 3.05) is 0 Å². The molecule has 0 fully saturated rings. The van der Waals surface area contributed by atoms with Crippen molar-refractivity contribution >= 4 is 5.97 Å². The van der Waals surface area contributed by atoms with Crippen molar-refractivity contribution in [3.63, 3.8) is 0 Å². The lowest BCUT2D eigenvalue weighted by molar-refractivity contribution is -0.150. The topological polar surface area (TPSA) is 37.3 Å². The Labute approximate surface area is 73.8 Å². The molecule has 0 bridgehead atoms. The summed E-state index contributed by atoms with van der Waals surface area (Å²) in [5.74, 6) is -2.28. The molecule has 0 saturated carbocycles. The fourth-order valence-corrected chi connectivity index (χ4v) is 0.904. The van der Waals surface area contributed by atoms with Crippen LogP contribution in [0.3, 0.4) is 0 Å². The molecule has 0 aliphatic carbocycles. The van der Waals surface area contributed by atoms with E-state index in [0.717, 1.165) is 19.1 Å². The van der Waals surface area contributed by atoms with E-state index in [-0.39, 0.29) is 5.56 Å². The van der Waals surface area contributed by atoms with Crippen LogP contribution in [0.1, 0.15) is 12.5 Å². The molecule has 0 radical (unpaired) electrons. The number of hydrogen-bond donors (Lipinski definition) is 1. The van der Waals surface area contributed by atoms with E-state index in [4.69, 9.17) is 5.11 Å². The van der Waals surface area contributed by atoms with Gasteiger partial charge in [0.1, 0.15) is 5.82 Å². The normalized spacial score (nSPS) is 15.0. The molecule has 1 aromatic rings. The maximum absolute atomic E-state index is 13.4. The number of carboxylic acids is 1. The first-order valence-electron chi connectivity index (χ1n) is 3.63. The molecule has 1 N–H and O–H groups in total. The van der Waals surface area contributed by atoms with Crippen molar-refractivity contribution in [3.05, 3.63) is 35.6 Å². The average Bonchev–Trinajstić information content (AvgIpc) is 2.04. The molecule has 0 saturated heterocycles. The largest absolute Gasteiger partial charge is 0.479 e. The van der Waals surface area contributed by atoms with E-state index in [1.807, 2.05) is 0 Å². The van der Waals surface area contributed by atoms with Crippen LogP contribution < -0.4 is 0 Å². The zero-order valence-corrected chi connectivity index (χ0v) is 6.92. The van der Waals surface area contributed by atoms with Crippen LogP contribution in [0, 0.1) is 5.82 Å². The van der Waals surface area contributed by atoms with Crippen molar-refractivity contribution in [1.29, 1.82) is 0 Å². The van der Waals surface area contributed by atoms with Crippen molar-refractivity contribution in [3.8, 4) is 0 Å². The molecule has 0 spiro atoms. The Morgan fingerprint density at radius 3 is 2.62 bits per heavy atom. The van der Waals surface area contributed by atoms with E-state index in [1.54, 1.807) is 0 Å². The van der Waals surface area contributed by atoms with E-state index in [1.165, 1.54) is 12.1 Å². The van der Waals surface area contributed by atoms with Crippen LogP contribution in [0.2, 0.25) is 0 Å². The molecule has 1 aromatic carbocycles. The van der Waals surface area contributed by atoms with Crippen LogP contribution in [-0.2, 0) is 10.5 Å². The molecule has 4 heteroatoms. The van der Waals surface area contributed by atoms with Gasteiger partial charge in [-0.2, -0.15) is 0 Å². The molecule has 0 amide bonds. The lowest BCUT2D eigenvalue weighted by Crippen LogP contribution is -2.26. The highest BCUT2D eigenvalue weighted by Crippen LogP contribution is 2.25. The Morgan fingerprint density at radius 1 is 1.54 bits per heavy atom. The Bertz CT molecular complexity index is 334. The second-order valence-corrected chi connectivity index (χ2v) is 2.82. The first kappa shape index (κ1) is 9.64. The number of carboxylic acid groups (broad SMARTS) is 1. The van der Waals surface area contributed by atoms with E-state index in [2.05, 4.69) is 0 Å². The molecular formula is C9H8F2O2. The second kappa shape index (κ2) is 3.12. The average molecular weight is 186 g/mol. The van der Waals surface area contributed by atoms with E-state index in [9.17, 15) is 13.6 Å². The predicted octanol–water partition coefficient (Wildman–Crippen LogP) is 2.10. The molecule has 1 atom stereocenters. The van der Waals surface area contributed by atoms with Gasteiger partial charge >= 0.3 is 5.97 Å². The molecular weight excluding hydrogens is 178 g/mol. The van der Waals surface area contributed by atoms with Gasteiger partial charge in [0.05, 0.1) is 0 Å². The van der Waals surface area contributed by atoms with Crippen LogP contribution in [0.4, 0.5) is 8.78 Å². The SMILES string of the molecule is CC(F)(C(=O)O)c1cccc(F)c1. The number of alkyl halides is 1. The highest BCUT2D eigenvalue weighted by Gasteiger charge is 2.35. The van der Waals surface area contributed by atoms with Crippen LogP contribution in [0.15, 0.2) is 24.3 Å². The van der Waals surface area contributed by atoms with Crippen molar-refractivity contribution in [1.82, 2.24) is 0 Å². The van der Waals surface area contributed by atoms with Crippen molar-refractivity contribution in [2.24, 2.45) is 0 Å². The Balaban J connectivity index is 3.14. The molecule has 2 nitrogen and oxygen atoms in total. The van der Waals surface area contributed by atoms with Crippen LogP contribution in [0.25, 0.3) is 0 Å². The van der Waals surface area contributed by atoms with Gasteiger partial charge in [-0.25, -0.2) is 13.6 Å². The number of aliphatic carboxylic acids is 1. The quantitative estimate of drug-likeness (QED) is 0.767. The summed E-state index contributed by atoms with van der Waals surface area (Å²) in [6.45, 7) is 0.879. The number of rotatable bonds is 2. The second-order valence-electron chi connectivity index (χ2n) is 2.82. The van der Waals surface area contributed by atoms with Gasteiger partial charge in [0, 0.05) is 5.56 Å². The summed E-state index contributed by atoms with van der Waals surface area (Å²) in [4.78, 5) is 10.4. The lowest BCUT2D eigenvalue weighted by Gasteiger charge is -2.14.